The van der Waals surface area contributed by atoms with E-state index >= 15 is 0 Å². The minimum Gasteiger partial charge on any atom is -0.481 e. The second-order valence-corrected chi connectivity index (χ2v) is 4.70. The molecule has 0 spiro atoms. The molecule has 1 N–H and O–H groups in total. The fourth-order valence-corrected chi connectivity index (χ4v) is 2.57. The molecule has 1 aliphatic heterocycles. The van der Waals surface area contributed by atoms with Gasteiger partial charge in [-0.15, -0.1) is 11.3 Å². The molecule has 0 bridgehead atoms. The van der Waals surface area contributed by atoms with E-state index in [1.807, 2.05) is 0 Å². The molecular formula is C10H12N2O3S. The van der Waals surface area contributed by atoms with Crippen LogP contribution in [0.1, 0.15) is 21.8 Å². The third-order valence-corrected chi connectivity index (χ3v) is 3.68. The molecular weight excluding hydrogens is 228 g/mol. The minimum absolute atomic E-state index is 0.0937. The van der Waals surface area contributed by atoms with Crippen molar-refractivity contribution >= 4 is 23.2 Å². The second-order valence-electron chi connectivity index (χ2n) is 3.84. The van der Waals surface area contributed by atoms with Crippen LogP contribution in [-0.2, 0) is 4.79 Å². The Balaban J connectivity index is 2.08. The zero-order valence-electron chi connectivity index (χ0n) is 8.84. The molecule has 1 amide bonds. The third kappa shape index (κ3) is 1.92. The van der Waals surface area contributed by atoms with Gasteiger partial charge in [0.25, 0.3) is 5.91 Å². The molecule has 1 saturated heterocycles. The summed E-state index contributed by atoms with van der Waals surface area (Å²) in [5, 5.41) is 8.85. The molecule has 0 aliphatic carbocycles. The molecule has 1 aromatic heterocycles. The number of rotatable bonds is 2. The molecule has 86 valence electrons. The molecule has 5 nitrogen and oxygen atoms in total. The first-order valence-electron chi connectivity index (χ1n) is 5.01. The average molecular weight is 240 g/mol. The molecule has 1 aliphatic rings. The highest BCUT2D eigenvalue weighted by Crippen LogP contribution is 2.21. The number of aryl methyl sites for hydroxylation is 1. The van der Waals surface area contributed by atoms with Crippen LogP contribution in [0.25, 0.3) is 0 Å². The van der Waals surface area contributed by atoms with Gasteiger partial charge in [0.2, 0.25) is 0 Å². The molecule has 6 heteroatoms. The van der Waals surface area contributed by atoms with E-state index in [0.717, 1.165) is 0 Å². The van der Waals surface area contributed by atoms with Crippen LogP contribution in [0.4, 0.5) is 0 Å². The van der Waals surface area contributed by atoms with Crippen molar-refractivity contribution in [3.05, 3.63) is 16.1 Å². The van der Waals surface area contributed by atoms with Crippen molar-refractivity contribution in [1.82, 2.24) is 9.88 Å². The monoisotopic (exact) mass is 240 g/mol. The Kier molecular flexibility index (Phi) is 2.91. The number of carboxylic acids is 1. The first kappa shape index (κ1) is 11.1. The number of aromatic nitrogens is 1. The third-order valence-electron chi connectivity index (χ3n) is 2.76. The summed E-state index contributed by atoms with van der Waals surface area (Å²) in [6.45, 7) is 2.62. The van der Waals surface area contributed by atoms with E-state index in [1.165, 1.54) is 11.3 Å². The van der Waals surface area contributed by atoms with Gasteiger partial charge in [-0.05, 0) is 13.3 Å². The Morgan fingerprint density at radius 2 is 2.38 bits per heavy atom. The van der Waals surface area contributed by atoms with Gasteiger partial charge in [0.15, 0.2) is 0 Å². The van der Waals surface area contributed by atoms with E-state index in [9.17, 15) is 9.59 Å². The maximum absolute atomic E-state index is 12.0. The van der Waals surface area contributed by atoms with Crippen molar-refractivity contribution in [2.75, 3.05) is 13.1 Å². The summed E-state index contributed by atoms with van der Waals surface area (Å²) in [5.74, 6) is -1.34. The number of carbonyl (C=O) groups is 2. The van der Waals surface area contributed by atoms with Crippen LogP contribution in [-0.4, -0.2) is 40.0 Å². The topological polar surface area (TPSA) is 70.5 Å². The van der Waals surface area contributed by atoms with Gasteiger partial charge in [0.1, 0.15) is 4.88 Å². The molecule has 16 heavy (non-hydrogen) atoms. The van der Waals surface area contributed by atoms with Gasteiger partial charge in [-0.25, -0.2) is 4.98 Å². The van der Waals surface area contributed by atoms with Crippen LogP contribution in [0.5, 0.6) is 0 Å². The average Bonchev–Trinajstić information content (AvgIpc) is 2.84. The molecule has 1 aromatic rings. The van der Waals surface area contributed by atoms with E-state index in [2.05, 4.69) is 4.98 Å². The fourth-order valence-electron chi connectivity index (χ4n) is 1.80. The number of amides is 1. The van der Waals surface area contributed by atoms with Crippen molar-refractivity contribution in [3.63, 3.8) is 0 Å². The zero-order valence-corrected chi connectivity index (χ0v) is 9.66. The Labute approximate surface area is 96.7 Å². The summed E-state index contributed by atoms with van der Waals surface area (Å²) < 4.78 is 0. The quantitative estimate of drug-likeness (QED) is 0.837. The lowest BCUT2D eigenvalue weighted by Crippen LogP contribution is -2.29. The molecule has 2 rings (SSSR count). The van der Waals surface area contributed by atoms with Gasteiger partial charge in [0, 0.05) is 13.1 Å². The van der Waals surface area contributed by atoms with Crippen LogP contribution >= 0.6 is 11.3 Å². The first-order chi connectivity index (χ1) is 7.59. The number of hydrogen-bond acceptors (Lipinski definition) is 4. The van der Waals surface area contributed by atoms with E-state index in [4.69, 9.17) is 5.11 Å². The molecule has 2 heterocycles. The minimum atomic E-state index is -0.823. The Hall–Kier alpha value is -1.43. The number of aliphatic carboxylic acids is 1. The van der Waals surface area contributed by atoms with Crippen molar-refractivity contribution in [2.45, 2.75) is 13.3 Å². The summed E-state index contributed by atoms with van der Waals surface area (Å²) in [4.78, 5) is 29.0. The van der Waals surface area contributed by atoms with Gasteiger partial charge < -0.3 is 10.0 Å². The molecule has 1 fully saturated rings. The van der Waals surface area contributed by atoms with Crippen molar-refractivity contribution in [2.24, 2.45) is 5.92 Å². The molecule has 0 unspecified atom stereocenters. The standard InChI is InChI=1S/C10H12N2O3S/c1-6-8(16-5-11-6)9(13)12-3-2-7(4-12)10(14)15/h5,7H,2-4H2,1H3,(H,14,15)/t7-/m1/s1. The van der Waals surface area contributed by atoms with Gasteiger partial charge in [-0.2, -0.15) is 0 Å². The predicted octanol–water partition coefficient (Wildman–Crippen LogP) is 0.998. The zero-order chi connectivity index (χ0) is 11.7. The second kappa shape index (κ2) is 4.21. The van der Waals surface area contributed by atoms with Crippen LogP contribution < -0.4 is 0 Å². The van der Waals surface area contributed by atoms with Crippen molar-refractivity contribution in [3.8, 4) is 0 Å². The largest absolute Gasteiger partial charge is 0.481 e. The highest BCUT2D eigenvalue weighted by Gasteiger charge is 2.32. The van der Waals surface area contributed by atoms with Gasteiger partial charge in [0.05, 0.1) is 17.1 Å². The lowest BCUT2D eigenvalue weighted by molar-refractivity contribution is -0.141. The first-order valence-corrected chi connectivity index (χ1v) is 5.89. The number of carbonyl (C=O) groups excluding carboxylic acids is 1. The summed E-state index contributed by atoms with van der Waals surface area (Å²) in [6.07, 6.45) is 0.541. The fraction of sp³-hybridized carbons (Fsp3) is 0.500. The lowest BCUT2D eigenvalue weighted by Gasteiger charge is -2.14. The number of hydrogen-bond donors (Lipinski definition) is 1. The van der Waals surface area contributed by atoms with Gasteiger partial charge in [-0.1, -0.05) is 0 Å². The van der Waals surface area contributed by atoms with Gasteiger partial charge in [-0.3, -0.25) is 9.59 Å². The Morgan fingerprint density at radius 1 is 1.62 bits per heavy atom. The van der Waals surface area contributed by atoms with Crippen LogP contribution in [0.15, 0.2) is 5.51 Å². The number of carboxylic acid groups (broad SMARTS) is 1. The number of likely N-dealkylation sites (tertiary alicyclic amines) is 1. The Morgan fingerprint density at radius 3 is 2.88 bits per heavy atom. The van der Waals surface area contributed by atoms with E-state index < -0.39 is 11.9 Å². The maximum Gasteiger partial charge on any atom is 0.308 e. The van der Waals surface area contributed by atoms with Crippen LogP contribution in [0.2, 0.25) is 0 Å². The highest BCUT2D eigenvalue weighted by atomic mass is 32.1. The van der Waals surface area contributed by atoms with E-state index in [1.54, 1.807) is 17.3 Å². The summed E-state index contributed by atoms with van der Waals surface area (Å²) in [5.41, 5.74) is 2.35. The maximum atomic E-state index is 12.0. The normalized spacial score (nSPS) is 20.1. The van der Waals surface area contributed by atoms with Crippen molar-refractivity contribution < 1.29 is 14.7 Å². The smallest absolute Gasteiger partial charge is 0.308 e. The van der Waals surface area contributed by atoms with E-state index in [-0.39, 0.29) is 5.91 Å². The van der Waals surface area contributed by atoms with E-state index in [0.29, 0.717) is 30.1 Å². The van der Waals surface area contributed by atoms with Gasteiger partial charge >= 0.3 is 5.97 Å². The summed E-state index contributed by atoms with van der Waals surface area (Å²) >= 11 is 1.30. The number of nitrogens with zero attached hydrogens (tertiary/aromatic N) is 2. The Bertz CT molecular complexity index is 429. The highest BCUT2D eigenvalue weighted by molar-refractivity contribution is 7.11. The molecule has 0 radical (unpaired) electrons. The predicted molar refractivity (Wildman–Crippen MR) is 58.5 cm³/mol. The van der Waals surface area contributed by atoms with Crippen LogP contribution in [0, 0.1) is 12.8 Å². The summed E-state index contributed by atoms with van der Waals surface area (Å²) in [6, 6.07) is 0. The SMILES string of the molecule is Cc1ncsc1C(=O)N1CC[C@@H](C(=O)O)C1. The molecule has 0 aromatic carbocycles. The number of thiazole rings is 1. The van der Waals surface area contributed by atoms with Crippen molar-refractivity contribution in [1.29, 1.82) is 0 Å². The molecule has 1 atom stereocenters. The summed E-state index contributed by atoms with van der Waals surface area (Å²) in [7, 11) is 0. The molecule has 0 saturated carbocycles. The van der Waals surface area contributed by atoms with Crippen LogP contribution in [0.3, 0.4) is 0 Å². The lowest BCUT2D eigenvalue weighted by atomic mass is 10.1.